The number of nitrogens with zero attached hydrogens (tertiary/aromatic N) is 3. The van der Waals surface area contributed by atoms with Crippen molar-refractivity contribution in [2.75, 3.05) is 0 Å². The highest BCUT2D eigenvalue weighted by Crippen LogP contribution is 2.49. The third kappa shape index (κ3) is 2.33. The quantitative estimate of drug-likeness (QED) is 0.296. The highest BCUT2D eigenvalue weighted by molar-refractivity contribution is 6.06. The highest BCUT2D eigenvalue weighted by atomic mass is 16.6. The Balaban J connectivity index is 1.63. The molecule has 4 atom stereocenters. The summed E-state index contributed by atoms with van der Waals surface area (Å²) >= 11 is 0. The minimum Gasteiger partial charge on any atom is -0.507 e. The highest BCUT2D eigenvalue weighted by Gasteiger charge is 2.56. The van der Waals surface area contributed by atoms with Crippen LogP contribution in [0.15, 0.2) is 35.5 Å². The van der Waals surface area contributed by atoms with Crippen molar-refractivity contribution >= 4 is 23.7 Å². The first-order chi connectivity index (χ1) is 12.0. The molecular weight excluding hydrogens is 326 g/mol. The van der Waals surface area contributed by atoms with Crippen LogP contribution in [0.5, 0.6) is 5.75 Å². The molecule has 1 saturated carbocycles. The van der Waals surface area contributed by atoms with Crippen LogP contribution in [-0.2, 0) is 9.59 Å². The molecule has 1 heterocycles. The van der Waals surface area contributed by atoms with Gasteiger partial charge in [-0.25, -0.2) is 0 Å². The summed E-state index contributed by atoms with van der Waals surface area (Å²) < 4.78 is 0. The van der Waals surface area contributed by atoms with Gasteiger partial charge in [-0.3, -0.25) is 19.7 Å². The molecule has 1 aromatic rings. The van der Waals surface area contributed by atoms with Gasteiger partial charge in [0.15, 0.2) is 0 Å². The van der Waals surface area contributed by atoms with Gasteiger partial charge in [-0.2, -0.15) is 10.1 Å². The Hall–Kier alpha value is -3.03. The topological polar surface area (TPSA) is 113 Å². The van der Waals surface area contributed by atoms with Crippen LogP contribution in [0.25, 0.3) is 0 Å². The maximum Gasteiger partial charge on any atom is 0.270 e. The molecule has 2 fully saturated rings. The summed E-state index contributed by atoms with van der Waals surface area (Å²) in [5.74, 6) is -1.49. The van der Waals surface area contributed by atoms with Crippen LogP contribution in [0.2, 0.25) is 0 Å². The first-order valence-electron chi connectivity index (χ1n) is 8.05. The van der Waals surface area contributed by atoms with Crippen molar-refractivity contribution in [1.29, 1.82) is 0 Å². The number of aromatic hydroxyl groups is 1. The van der Waals surface area contributed by atoms with Crippen LogP contribution < -0.4 is 0 Å². The number of hydrogen-bond donors (Lipinski definition) is 1. The SMILES string of the molecule is O=C1[C@@H]2[C@@H](C(=O)N1/N=C\c1cc([N+](=O)[O-])ccc1O)[C@@H]1C=C[C@@H]2CC1. The molecule has 4 aliphatic rings. The van der Waals surface area contributed by atoms with Gasteiger partial charge in [-0.15, -0.1) is 0 Å². The molecule has 8 nitrogen and oxygen atoms in total. The molecule has 25 heavy (non-hydrogen) atoms. The van der Waals surface area contributed by atoms with Crippen LogP contribution in [0.4, 0.5) is 5.69 Å². The molecule has 2 amide bonds. The Morgan fingerprint density at radius 3 is 2.28 bits per heavy atom. The van der Waals surface area contributed by atoms with E-state index >= 15 is 0 Å². The smallest absolute Gasteiger partial charge is 0.270 e. The van der Waals surface area contributed by atoms with Crippen LogP contribution in [-0.4, -0.2) is 33.1 Å². The van der Waals surface area contributed by atoms with Crippen molar-refractivity contribution in [1.82, 2.24) is 5.01 Å². The standard InChI is InChI=1S/C17H15N3O5/c21-13-6-5-12(20(24)25)7-11(13)8-18-19-16(22)14-9-1-2-10(4-3-9)15(14)17(19)23/h1-2,5-10,14-15,21H,3-4H2/b18-8-/t9-,10-,14+,15+/m1/s1. The summed E-state index contributed by atoms with van der Waals surface area (Å²) in [6.07, 6.45) is 6.93. The summed E-state index contributed by atoms with van der Waals surface area (Å²) in [7, 11) is 0. The molecule has 1 aliphatic heterocycles. The number of non-ortho nitro benzene ring substituents is 1. The zero-order valence-corrected chi connectivity index (χ0v) is 13.1. The van der Waals surface area contributed by atoms with Gasteiger partial charge in [0.05, 0.1) is 23.0 Å². The molecule has 8 heteroatoms. The van der Waals surface area contributed by atoms with Gasteiger partial charge in [0, 0.05) is 17.7 Å². The second-order valence-corrected chi connectivity index (χ2v) is 6.57. The molecule has 1 saturated heterocycles. The number of phenols is 1. The molecule has 1 aromatic carbocycles. The van der Waals surface area contributed by atoms with Crippen LogP contribution >= 0.6 is 0 Å². The van der Waals surface area contributed by atoms with Gasteiger partial charge in [0.1, 0.15) is 5.75 Å². The van der Waals surface area contributed by atoms with E-state index in [1.54, 1.807) is 0 Å². The lowest BCUT2D eigenvalue weighted by Crippen LogP contribution is -2.38. The van der Waals surface area contributed by atoms with Crippen molar-refractivity contribution in [3.05, 3.63) is 46.0 Å². The number of imide groups is 1. The van der Waals surface area contributed by atoms with E-state index in [-0.39, 0.29) is 52.5 Å². The van der Waals surface area contributed by atoms with E-state index in [1.807, 2.05) is 12.2 Å². The van der Waals surface area contributed by atoms with Crippen LogP contribution in [0, 0.1) is 33.8 Å². The molecule has 5 rings (SSSR count). The minimum atomic E-state index is -0.596. The molecule has 0 spiro atoms. The fraction of sp³-hybridized carbons (Fsp3) is 0.353. The van der Waals surface area contributed by atoms with Crippen molar-refractivity contribution in [3.8, 4) is 5.75 Å². The molecule has 0 aromatic heterocycles. The summed E-state index contributed by atoms with van der Waals surface area (Å²) in [5.41, 5.74) is -0.139. The predicted octanol–water partition coefficient (Wildman–Crippen LogP) is 1.83. The molecule has 0 radical (unpaired) electrons. The Morgan fingerprint density at radius 1 is 1.16 bits per heavy atom. The van der Waals surface area contributed by atoms with E-state index in [0.29, 0.717) is 0 Å². The number of phenolic OH excluding ortho intramolecular Hbond substituents is 1. The second-order valence-electron chi connectivity index (χ2n) is 6.57. The Morgan fingerprint density at radius 2 is 1.76 bits per heavy atom. The normalized spacial score (nSPS) is 30.3. The maximum absolute atomic E-state index is 12.6. The zero-order chi connectivity index (χ0) is 17.7. The Kier molecular flexibility index (Phi) is 3.41. The number of carbonyl (C=O) groups excluding carboxylic acids is 2. The van der Waals surface area contributed by atoms with Crippen molar-refractivity contribution in [3.63, 3.8) is 0 Å². The predicted molar refractivity (Wildman–Crippen MR) is 86.5 cm³/mol. The molecule has 2 bridgehead atoms. The number of carbonyl (C=O) groups is 2. The number of benzene rings is 1. The fourth-order valence-electron chi connectivity index (χ4n) is 4.05. The number of fused-ring (bicyclic) bond motifs is 1. The fourth-order valence-corrected chi connectivity index (χ4v) is 4.05. The maximum atomic E-state index is 12.6. The van der Waals surface area contributed by atoms with E-state index in [1.165, 1.54) is 6.07 Å². The lowest BCUT2D eigenvalue weighted by Gasteiger charge is -2.37. The number of nitro groups is 1. The monoisotopic (exact) mass is 341 g/mol. The van der Waals surface area contributed by atoms with E-state index in [4.69, 9.17) is 0 Å². The number of hydrogen-bond acceptors (Lipinski definition) is 6. The summed E-state index contributed by atoms with van der Waals surface area (Å²) in [4.78, 5) is 35.5. The largest absolute Gasteiger partial charge is 0.507 e. The third-order valence-electron chi connectivity index (χ3n) is 5.27. The average molecular weight is 341 g/mol. The van der Waals surface area contributed by atoms with Gasteiger partial charge < -0.3 is 5.11 Å². The lowest BCUT2D eigenvalue weighted by atomic mass is 9.63. The Labute approximate surface area is 142 Å². The summed E-state index contributed by atoms with van der Waals surface area (Å²) in [6, 6.07) is 3.48. The molecule has 0 unspecified atom stereocenters. The number of hydrazone groups is 1. The van der Waals surface area contributed by atoms with Crippen LogP contribution in [0.1, 0.15) is 18.4 Å². The average Bonchev–Trinajstić information content (AvgIpc) is 2.88. The van der Waals surface area contributed by atoms with Crippen molar-refractivity contribution in [2.24, 2.45) is 28.8 Å². The summed E-state index contributed by atoms with van der Waals surface area (Å²) in [5, 5.41) is 25.4. The number of rotatable bonds is 3. The zero-order valence-electron chi connectivity index (χ0n) is 13.1. The van der Waals surface area contributed by atoms with Gasteiger partial charge >= 0.3 is 0 Å². The lowest BCUT2D eigenvalue weighted by molar-refractivity contribution is -0.384. The third-order valence-corrected chi connectivity index (χ3v) is 5.27. The van der Waals surface area contributed by atoms with E-state index in [2.05, 4.69) is 5.10 Å². The molecule has 128 valence electrons. The van der Waals surface area contributed by atoms with E-state index in [9.17, 15) is 24.8 Å². The number of nitro benzene ring substituents is 1. The Bertz CT molecular complexity index is 815. The van der Waals surface area contributed by atoms with E-state index in [0.717, 1.165) is 36.2 Å². The number of allylic oxidation sites excluding steroid dienone is 2. The van der Waals surface area contributed by atoms with Crippen LogP contribution in [0.3, 0.4) is 0 Å². The first kappa shape index (κ1) is 15.5. The van der Waals surface area contributed by atoms with Gasteiger partial charge in [0.25, 0.3) is 17.5 Å². The minimum absolute atomic E-state index is 0.0675. The summed E-state index contributed by atoms with van der Waals surface area (Å²) in [6.45, 7) is 0. The molecule has 1 N–H and O–H groups in total. The number of amides is 2. The van der Waals surface area contributed by atoms with Crippen molar-refractivity contribution < 1.29 is 19.6 Å². The van der Waals surface area contributed by atoms with Gasteiger partial charge in [-0.1, -0.05) is 12.2 Å². The van der Waals surface area contributed by atoms with E-state index < -0.39 is 4.92 Å². The molecular formula is C17H15N3O5. The first-order valence-corrected chi connectivity index (χ1v) is 8.05. The van der Waals surface area contributed by atoms with Gasteiger partial charge in [-0.05, 0) is 30.7 Å². The second kappa shape index (κ2) is 5.51. The van der Waals surface area contributed by atoms with Crippen molar-refractivity contribution in [2.45, 2.75) is 12.8 Å². The van der Waals surface area contributed by atoms with Gasteiger partial charge in [0.2, 0.25) is 0 Å². The molecule has 3 aliphatic carbocycles.